The minimum Gasteiger partial charge on any atom is -0.477 e. The Kier molecular flexibility index (Phi) is 6.38. The SMILES string of the molecule is CO[C@H]1CN(c2nc(-c3nnco3)c(C(=O)O)s2)CC[C@H]1NC(=O)c1[nH]c(C)c(Cl)c1Cl. The largest absolute Gasteiger partial charge is 0.477 e. The van der Waals surface area contributed by atoms with Crippen molar-refractivity contribution in [3.05, 3.63) is 32.7 Å². The molecule has 1 saturated heterocycles. The van der Waals surface area contributed by atoms with E-state index in [-0.39, 0.29) is 45.2 Å². The molecule has 1 fully saturated rings. The third-order valence-corrected chi connectivity index (χ3v) is 7.15. The number of nitrogens with zero attached hydrogens (tertiary/aromatic N) is 4. The first-order valence-electron chi connectivity index (χ1n) is 9.43. The molecule has 0 unspecified atom stereocenters. The first-order chi connectivity index (χ1) is 15.3. The van der Waals surface area contributed by atoms with Crippen LogP contribution < -0.4 is 10.2 Å². The topological polar surface area (TPSA) is 146 Å². The van der Waals surface area contributed by atoms with Crippen molar-refractivity contribution in [1.29, 1.82) is 0 Å². The Balaban J connectivity index is 1.50. The molecule has 11 nitrogen and oxygen atoms in total. The van der Waals surface area contributed by atoms with Crippen LogP contribution in [0.3, 0.4) is 0 Å². The van der Waals surface area contributed by atoms with Crippen molar-refractivity contribution in [2.75, 3.05) is 25.1 Å². The maximum absolute atomic E-state index is 12.7. The van der Waals surface area contributed by atoms with E-state index in [1.54, 1.807) is 14.0 Å². The van der Waals surface area contributed by atoms with Gasteiger partial charge in [-0.15, -0.1) is 10.2 Å². The van der Waals surface area contributed by atoms with E-state index in [2.05, 4.69) is 25.5 Å². The van der Waals surface area contributed by atoms with Crippen LogP contribution in [-0.2, 0) is 4.74 Å². The van der Waals surface area contributed by atoms with Crippen molar-refractivity contribution >= 4 is 51.5 Å². The summed E-state index contributed by atoms with van der Waals surface area (Å²) in [6.45, 7) is 2.62. The predicted octanol–water partition coefficient (Wildman–Crippen LogP) is 2.86. The third-order valence-electron chi connectivity index (χ3n) is 5.10. The number of anilines is 1. The standard InChI is InChI=1S/C18H18Cl2N6O5S/c1-7-10(19)11(20)12(22-7)15(27)23-8-3-4-26(5-9(8)30-2)18-24-13(14(32-18)17(28)29)16-25-21-6-31-16/h6,8-9,22H,3-5H2,1-2H3,(H,23,27)(H,28,29)/t8-,9+/m1/s1. The van der Waals surface area contributed by atoms with Gasteiger partial charge in [-0.05, 0) is 13.3 Å². The van der Waals surface area contributed by atoms with E-state index < -0.39 is 5.97 Å². The average molecular weight is 501 g/mol. The zero-order chi connectivity index (χ0) is 23.0. The number of halogens is 2. The van der Waals surface area contributed by atoms with E-state index in [0.717, 1.165) is 17.7 Å². The first kappa shape index (κ1) is 22.5. The Labute approximate surface area is 195 Å². The lowest BCUT2D eigenvalue weighted by molar-refractivity contribution is 0.0540. The molecule has 1 aliphatic heterocycles. The number of nitrogens with one attached hydrogen (secondary N) is 2. The van der Waals surface area contributed by atoms with Gasteiger partial charge in [0.25, 0.3) is 11.8 Å². The predicted molar refractivity (Wildman–Crippen MR) is 117 cm³/mol. The number of methoxy groups -OCH3 is 1. The molecule has 4 heterocycles. The van der Waals surface area contributed by atoms with Gasteiger partial charge in [0.05, 0.1) is 22.2 Å². The molecule has 0 aliphatic carbocycles. The molecular formula is C18H18Cl2N6O5S. The Bertz CT molecular complexity index is 1150. The van der Waals surface area contributed by atoms with E-state index in [0.29, 0.717) is 35.4 Å². The molecule has 3 aromatic rings. The summed E-state index contributed by atoms with van der Waals surface area (Å²) in [6.07, 6.45) is 1.27. The fourth-order valence-corrected chi connectivity index (χ4v) is 4.82. The van der Waals surface area contributed by atoms with Gasteiger partial charge in [-0.25, -0.2) is 9.78 Å². The van der Waals surface area contributed by atoms with Crippen LogP contribution >= 0.6 is 34.5 Å². The van der Waals surface area contributed by atoms with Crippen LogP contribution in [0.5, 0.6) is 0 Å². The number of aromatic carboxylic acids is 1. The fourth-order valence-electron chi connectivity index (χ4n) is 3.47. The van der Waals surface area contributed by atoms with Crippen LogP contribution in [0.1, 0.15) is 32.3 Å². The Morgan fingerprint density at radius 3 is 2.78 bits per heavy atom. The number of piperidine rings is 1. The lowest BCUT2D eigenvalue weighted by Gasteiger charge is -2.37. The number of carboxylic acids is 1. The van der Waals surface area contributed by atoms with Crippen LogP contribution in [0, 0.1) is 6.92 Å². The maximum Gasteiger partial charge on any atom is 0.348 e. The van der Waals surface area contributed by atoms with E-state index in [9.17, 15) is 14.7 Å². The molecular weight excluding hydrogens is 483 g/mol. The summed E-state index contributed by atoms with van der Waals surface area (Å²) in [6, 6.07) is -0.295. The smallest absolute Gasteiger partial charge is 0.348 e. The van der Waals surface area contributed by atoms with Gasteiger partial charge in [0.2, 0.25) is 6.39 Å². The molecule has 0 spiro atoms. The van der Waals surface area contributed by atoms with Crippen LogP contribution in [0.2, 0.25) is 10.0 Å². The second-order valence-electron chi connectivity index (χ2n) is 7.06. The van der Waals surface area contributed by atoms with Gasteiger partial charge in [0.15, 0.2) is 10.8 Å². The van der Waals surface area contributed by atoms with Crippen LogP contribution in [0.4, 0.5) is 5.13 Å². The molecule has 3 aromatic heterocycles. The summed E-state index contributed by atoms with van der Waals surface area (Å²) in [5.74, 6) is -1.48. The lowest BCUT2D eigenvalue weighted by Crippen LogP contribution is -2.55. The molecule has 0 aromatic carbocycles. The van der Waals surface area contributed by atoms with E-state index in [4.69, 9.17) is 32.4 Å². The number of ether oxygens (including phenoxy) is 1. The highest BCUT2D eigenvalue weighted by Gasteiger charge is 2.34. The zero-order valence-electron chi connectivity index (χ0n) is 16.9. The summed E-state index contributed by atoms with van der Waals surface area (Å²) in [5.41, 5.74) is 0.921. The number of amides is 1. The number of aryl methyl sites for hydroxylation is 1. The Hall–Kier alpha value is -2.67. The molecule has 1 amide bonds. The number of carbonyl (C=O) groups excluding carboxylic acids is 1. The number of thiazole rings is 1. The van der Waals surface area contributed by atoms with Gasteiger partial charge >= 0.3 is 5.97 Å². The van der Waals surface area contributed by atoms with Gasteiger partial charge in [0, 0.05) is 25.9 Å². The van der Waals surface area contributed by atoms with E-state index >= 15 is 0 Å². The van der Waals surface area contributed by atoms with E-state index in [1.807, 2.05) is 4.90 Å². The highest BCUT2D eigenvalue weighted by atomic mass is 35.5. The number of hydrogen-bond acceptors (Lipinski definition) is 9. The Morgan fingerprint density at radius 1 is 1.41 bits per heavy atom. The second kappa shape index (κ2) is 9.06. The first-order valence-corrected chi connectivity index (χ1v) is 11.0. The number of aromatic nitrogens is 4. The Morgan fingerprint density at radius 2 is 2.19 bits per heavy atom. The maximum atomic E-state index is 12.7. The van der Waals surface area contributed by atoms with Crippen LogP contribution in [0.15, 0.2) is 10.8 Å². The van der Waals surface area contributed by atoms with Crippen molar-refractivity contribution in [1.82, 2.24) is 25.5 Å². The molecule has 32 heavy (non-hydrogen) atoms. The highest BCUT2D eigenvalue weighted by Crippen LogP contribution is 2.34. The van der Waals surface area contributed by atoms with Crippen molar-refractivity contribution < 1.29 is 23.8 Å². The van der Waals surface area contributed by atoms with Crippen molar-refractivity contribution in [3.8, 4) is 11.6 Å². The summed E-state index contributed by atoms with van der Waals surface area (Å²) >= 11 is 13.2. The molecule has 170 valence electrons. The number of aromatic amines is 1. The van der Waals surface area contributed by atoms with Gasteiger partial charge < -0.3 is 29.5 Å². The molecule has 2 atom stereocenters. The normalized spacial score (nSPS) is 18.7. The number of hydrogen-bond donors (Lipinski definition) is 3. The molecule has 14 heteroatoms. The lowest BCUT2D eigenvalue weighted by atomic mass is 10.0. The van der Waals surface area contributed by atoms with E-state index in [1.165, 1.54) is 0 Å². The molecule has 0 saturated carbocycles. The van der Waals surface area contributed by atoms with Crippen LogP contribution in [0.25, 0.3) is 11.6 Å². The third kappa shape index (κ3) is 4.18. The summed E-state index contributed by atoms with van der Waals surface area (Å²) in [5, 5.41) is 20.8. The summed E-state index contributed by atoms with van der Waals surface area (Å²) in [7, 11) is 1.55. The van der Waals surface area contributed by atoms with Gasteiger partial charge in [0.1, 0.15) is 10.6 Å². The fraction of sp³-hybridized carbons (Fsp3) is 0.389. The number of H-pyrrole nitrogens is 1. The van der Waals surface area contributed by atoms with Crippen molar-refractivity contribution in [2.24, 2.45) is 0 Å². The highest BCUT2D eigenvalue weighted by molar-refractivity contribution is 7.17. The average Bonchev–Trinajstić information content (AvgIpc) is 3.50. The molecule has 3 N–H and O–H groups in total. The molecule has 4 rings (SSSR count). The molecule has 1 aliphatic rings. The van der Waals surface area contributed by atoms with Crippen LogP contribution in [-0.4, -0.2) is 69.5 Å². The summed E-state index contributed by atoms with van der Waals surface area (Å²) in [4.78, 5) is 33.6. The minimum absolute atomic E-state index is 0.00211. The monoisotopic (exact) mass is 500 g/mol. The second-order valence-corrected chi connectivity index (χ2v) is 8.80. The summed E-state index contributed by atoms with van der Waals surface area (Å²) < 4.78 is 10.7. The van der Waals surface area contributed by atoms with Crippen molar-refractivity contribution in [3.63, 3.8) is 0 Å². The van der Waals surface area contributed by atoms with Gasteiger partial charge in [-0.1, -0.05) is 34.5 Å². The number of rotatable bonds is 6. The van der Waals surface area contributed by atoms with Crippen molar-refractivity contribution in [2.45, 2.75) is 25.5 Å². The van der Waals surface area contributed by atoms with Gasteiger partial charge in [-0.2, -0.15) is 0 Å². The minimum atomic E-state index is -1.14. The zero-order valence-corrected chi connectivity index (χ0v) is 19.2. The van der Waals surface area contributed by atoms with Gasteiger partial charge in [-0.3, -0.25) is 4.79 Å². The molecule has 0 bridgehead atoms. The quantitative estimate of drug-likeness (QED) is 0.464. The molecule has 0 radical (unpaired) electrons. The number of carboxylic acid groups (broad SMARTS) is 1. The number of carbonyl (C=O) groups is 2.